The highest BCUT2D eigenvalue weighted by Crippen LogP contribution is 2.04. The standard InChI is InChI=1S/C10H17N/c1-5-6-7-10(8-11-4)9(2)3/h5-7,11H,2,8H2,1,3-4H3/b6-5-,10-7-. The van der Waals surface area contributed by atoms with Crippen LogP contribution < -0.4 is 5.32 Å². The van der Waals surface area contributed by atoms with Crippen molar-refractivity contribution in [3.63, 3.8) is 0 Å². The minimum atomic E-state index is 0.889. The third kappa shape index (κ3) is 4.57. The molecule has 0 aromatic heterocycles. The molecule has 0 amide bonds. The van der Waals surface area contributed by atoms with Crippen LogP contribution in [0.3, 0.4) is 0 Å². The van der Waals surface area contributed by atoms with E-state index in [1.165, 1.54) is 5.57 Å². The Balaban J connectivity index is 4.20. The summed E-state index contributed by atoms with van der Waals surface area (Å²) in [6.07, 6.45) is 6.12. The number of hydrogen-bond donors (Lipinski definition) is 1. The van der Waals surface area contributed by atoms with E-state index in [1.807, 2.05) is 33.0 Å². The average molecular weight is 151 g/mol. The second kappa shape index (κ2) is 5.93. The first kappa shape index (κ1) is 10.2. The van der Waals surface area contributed by atoms with Crippen molar-refractivity contribution in [2.24, 2.45) is 0 Å². The van der Waals surface area contributed by atoms with Gasteiger partial charge in [-0.2, -0.15) is 0 Å². The summed E-state index contributed by atoms with van der Waals surface area (Å²) in [6, 6.07) is 0. The van der Waals surface area contributed by atoms with Gasteiger partial charge in [0.2, 0.25) is 0 Å². The van der Waals surface area contributed by atoms with E-state index < -0.39 is 0 Å². The molecule has 0 aliphatic rings. The summed E-state index contributed by atoms with van der Waals surface area (Å²) < 4.78 is 0. The molecule has 0 unspecified atom stereocenters. The number of allylic oxidation sites excluding steroid dienone is 3. The molecule has 0 aliphatic heterocycles. The predicted octanol–water partition coefficient (Wildman–Crippen LogP) is 2.28. The van der Waals surface area contributed by atoms with Crippen LogP contribution in [-0.2, 0) is 0 Å². The van der Waals surface area contributed by atoms with Gasteiger partial charge in [0, 0.05) is 6.54 Å². The third-order valence-electron chi connectivity index (χ3n) is 1.41. The van der Waals surface area contributed by atoms with Crippen LogP contribution in [0.2, 0.25) is 0 Å². The molecule has 1 N–H and O–H groups in total. The summed E-state index contributed by atoms with van der Waals surface area (Å²) >= 11 is 0. The van der Waals surface area contributed by atoms with Crippen molar-refractivity contribution in [2.75, 3.05) is 13.6 Å². The van der Waals surface area contributed by atoms with Gasteiger partial charge in [-0.1, -0.05) is 30.4 Å². The molecule has 0 saturated heterocycles. The van der Waals surface area contributed by atoms with Gasteiger partial charge in [0.15, 0.2) is 0 Å². The van der Waals surface area contributed by atoms with E-state index in [9.17, 15) is 0 Å². The summed E-state index contributed by atoms with van der Waals surface area (Å²) in [5.74, 6) is 0. The fourth-order valence-electron chi connectivity index (χ4n) is 0.755. The Morgan fingerprint density at radius 3 is 2.55 bits per heavy atom. The maximum atomic E-state index is 3.88. The van der Waals surface area contributed by atoms with E-state index in [0.29, 0.717) is 0 Å². The van der Waals surface area contributed by atoms with E-state index in [1.54, 1.807) is 0 Å². The first-order valence-electron chi connectivity index (χ1n) is 3.84. The van der Waals surface area contributed by atoms with Crippen LogP contribution in [0.5, 0.6) is 0 Å². The monoisotopic (exact) mass is 151 g/mol. The van der Waals surface area contributed by atoms with Gasteiger partial charge in [-0.3, -0.25) is 0 Å². The van der Waals surface area contributed by atoms with Crippen molar-refractivity contribution in [1.29, 1.82) is 0 Å². The van der Waals surface area contributed by atoms with Crippen LogP contribution in [0, 0.1) is 0 Å². The number of likely N-dealkylation sites (N-methyl/N-ethyl adjacent to an activating group) is 1. The molecule has 0 bridgehead atoms. The Kier molecular flexibility index (Phi) is 5.49. The second-order valence-electron chi connectivity index (χ2n) is 2.53. The average Bonchev–Trinajstić information content (AvgIpc) is 1.97. The lowest BCUT2D eigenvalue weighted by atomic mass is 10.1. The Labute approximate surface area is 69.5 Å². The van der Waals surface area contributed by atoms with Gasteiger partial charge in [0.25, 0.3) is 0 Å². The highest BCUT2D eigenvalue weighted by Gasteiger charge is 1.92. The molecule has 0 aromatic carbocycles. The molecule has 0 rings (SSSR count). The van der Waals surface area contributed by atoms with Crippen molar-refractivity contribution in [3.05, 3.63) is 36.0 Å². The van der Waals surface area contributed by atoms with Crippen molar-refractivity contribution in [3.8, 4) is 0 Å². The van der Waals surface area contributed by atoms with Gasteiger partial charge in [0.1, 0.15) is 0 Å². The lowest BCUT2D eigenvalue weighted by Crippen LogP contribution is -2.10. The highest BCUT2D eigenvalue weighted by molar-refractivity contribution is 5.30. The Hall–Kier alpha value is -0.820. The fraction of sp³-hybridized carbons (Fsp3) is 0.400. The SMILES string of the molecule is C=C(C)/C(=C\C=C/C)CNC. The lowest BCUT2D eigenvalue weighted by Gasteiger charge is -2.03. The zero-order chi connectivity index (χ0) is 8.69. The molecule has 1 nitrogen and oxygen atoms in total. The highest BCUT2D eigenvalue weighted by atomic mass is 14.8. The van der Waals surface area contributed by atoms with E-state index >= 15 is 0 Å². The van der Waals surface area contributed by atoms with Gasteiger partial charge in [-0.05, 0) is 26.5 Å². The zero-order valence-electron chi connectivity index (χ0n) is 7.65. The smallest absolute Gasteiger partial charge is 0.0204 e. The molecule has 62 valence electrons. The van der Waals surface area contributed by atoms with Crippen LogP contribution in [0.4, 0.5) is 0 Å². The van der Waals surface area contributed by atoms with Gasteiger partial charge in [-0.15, -0.1) is 0 Å². The predicted molar refractivity (Wildman–Crippen MR) is 51.6 cm³/mol. The molecule has 0 fully saturated rings. The van der Waals surface area contributed by atoms with Crippen LogP contribution in [-0.4, -0.2) is 13.6 Å². The topological polar surface area (TPSA) is 12.0 Å². The fourth-order valence-corrected chi connectivity index (χ4v) is 0.755. The first-order chi connectivity index (χ1) is 5.22. The van der Waals surface area contributed by atoms with Gasteiger partial charge in [0.05, 0.1) is 0 Å². The van der Waals surface area contributed by atoms with Gasteiger partial charge in [-0.25, -0.2) is 0 Å². The van der Waals surface area contributed by atoms with Crippen LogP contribution in [0.15, 0.2) is 36.0 Å². The Bertz CT molecular complexity index is 175. The molecular formula is C10H17N. The van der Waals surface area contributed by atoms with Crippen molar-refractivity contribution in [2.45, 2.75) is 13.8 Å². The van der Waals surface area contributed by atoms with E-state index in [2.05, 4.69) is 18.0 Å². The molecule has 0 atom stereocenters. The lowest BCUT2D eigenvalue weighted by molar-refractivity contribution is 0.886. The largest absolute Gasteiger partial charge is 0.316 e. The number of rotatable bonds is 4. The zero-order valence-corrected chi connectivity index (χ0v) is 7.65. The van der Waals surface area contributed by atoms with Crippen LogP contribution in [0.1, 0.15) is 13.8 Å². The second-order valence-corrected chi connectivity index (χ2v) is 2.53. The normalized spacial score (nSPS) is 12.5. The van der Waals surface area contributed by atoms with Crippen molar-refractivity contribution >= 4 is 0 Å². The van der Waals surface area contributed by atoms with Gasteiger partial charge >= 0.3 is 0 Å². The van der Waals surface area contributed by atoms with Gasteiger partial charge < -0.3 is 5.32 Å². The maximum Gasteiger partial charge on any atom is 0.0204 e. The Morgan fingerprint density at radius 2 is 2.18 bits per heavy atom. The molecule has 11 heavy (non-hydrogen) atoms. The molecule has 0 aromatic rings. The van der Waals surface area contributed by atoms with E-state index in [-0.39, 0.29) is 0 Å². The molecule has 0 radical (unpaired) electrons. The van der Waals surface area contributed by atoms with Crippen molar-refractivity contribution < 1.29 is 0 Å². The summed E-state index contributed by atoms with van der Waals surface area (Å²) in [6.45, 7) is 8.80. The molecular weight excluding hydrogens is 134 g/mol. The van der Waals surface area contributed by atoms with E-state index in [0.717, 1.165) is 12.1 Å². The Morgan fingerprint density at radius 1 is 1.55 bits per heavy atom. The van der Waals surface area contributed by atoms with Crippen LogP contribution >= 0.6 is 0 Å². The summed E-state index contributed by atoms with van der Waals surface area (Å²) in [7, 11) is 1.94. The first-order valence-corrected chi connectivity index (χ1v) is 3.84. The molecule has 0 aliphatic carbocycles. The minimum Gasteiger partial charge on any atom is -0.316 e. The van der Waals surface area contributed by atoms with E-state index in [4.69, 9.17) is 0 Å². The minimum absolute atomic E-state index is 0.889. The molecule has 0 saturated carbocycles. The molecule has 0 spiro atoms. The number of nitrogens with one attached hydrogen (secondary N) is 1. The molecule has 0 heterocycles. The summed E-state index contributed by atoms with van der Waals surface area (Å²) in [5, 5.41) is 3.10. The quantitative estimate of drug-likeness (QED) is 0.608. The van der Waals surface area contributed by atoms with Crippen molar-refractivity contribution in [1.82, 2.24) is 5.32 Å². The molecule has 1 heteroatoms. The number of hydrogen-bond acceptors (Lipinski definition) is 1. The summed E-state index contributed by atoms with van der Waals surface area (Å²) in [5.41, 5.74) is 2.38. The maximum absolute atomic E-state index is 3.88. The summed E-state index contributed by atoms with van der Waals surface area (Å²) in [4.78, 5) is 0. The van der Waals surface area contributed by atoms with Crippen LogP contribution in [0.25, 0.3) is 0 Å². The third-order valence-corrected chi connectivity index (χ3v) is 1.41.